The number of hydrogen-bond donors (Lipinski definition) is 1. The van der Waals surface area contributed by atoms with Crippen LogP contribution in [-0.4, -0.2) is 16.1 Å². The molecule has 0 aliphatic rings. The number of halogens is 2. The molecule has 0 aliphatic carbocycles. The Morgan fingerprint density at radius 2 is 2.17 bits per heavy atom. The van der Waals surface area contributed by atoms with E-state index >= 15 is 0 Å². The molecule has 18 heavy (non-hydrogen) atoms. The maximum atomic E-state index is 13.1. The van der Waals surface area contributed by atoms with Gasteiger partial charge in [0.05, 0.1) is 17.1 Å². The number of pyridine rings is 1. The van der Waals surface area contributed by atoms with Gasteiger partial charge in [0.25, 0.3) is 0 Å². The van der Waals surface area contributed by atoms with E-state index in [-0.39, 0.29) is 12.2 Å². The van der Waals surface area contributed by atoms with Crippen LogP contribution < -0.4 is 0 Å². The Morgan fingerprint density at radius 1 is 1.39 bits per heavy atom. The molecule has 0 radical (unpaired) electrons. The summed E-state index contributed by atoms with van der Waals surface area (Å²) in [4.78, 5) is 14.6. The molecule has 1 heterocycles. The Kier molecular flexibility index (Phi) is 3.58. The number of aliphatic carboxylic acids is 1. The summed E-state index contributed by atoms with van der Waals surface area (Å²) in [5.41, 5.74) is 1.50. The van der Waals surface area contributed by atoms with Crippen LogP contribution in [0.3, 0.4) is 0 Å². The third-order valence-electron chi connectivity index (χ3n) is 2.35. The summed E-state index contributed by atoms with van der Waals surface area (Å²) >= 11 is 6.02. The van der Waals surface area contributed by atoms with Gasteiger partial charge in [0.2, 0.25) is 0 Å². The number of carbonyl (C=O) groups is 1. The quantitative estimate of drug-likeness (QED) is 0.927. The summed E-state index contributed by atoms with van der Waals surface area (Å²) in [7, 11) is 0. The fraction of sp³-hybridized carbons (Fsp3) is 0.0769. The van der Waals surface area contributed by atoms with E-state index in [9.17, 15) is 9.18 Å². The van der Waals surface area contributed by atoms with Crippen LogP contribution in [-0.2, 0) is 11.2 Å². The van der Waals surface area contributed by atoms with Gasteiger partial charge in [-0.2, -0.15) is 0 Å². The molecule has 5 heteroatoms. The van der Waals surface area contributed by atoms with Crippen molar-refractivity contribution in [3.05, 3.63) is 52.9 Å². The zero-order chi connectivity index (χ0) is 13.1. The van der Waals surface area contributed by atoms with Crippen molar-refractivity contribution >= 4 is 17.6 Å². The van der Waals surface area contributed by atoms with Crippen LogP contribution in [0.15, 0.2) is 36.5 Å². The van der Waals surface area contributed by atoms with Crippen molar-refractivity contribution in [2.75, 3.05) is 0 Å². The first-order chi connectivity index (χ1) is 8.56. The van der Waals surface area contributed by atoms with Gasteiger partial charge in [0.15, 0.2) is 0 Å². The van der Waals surface area contributed by atoms with Gasteiger partial charge >= 0.3 is 5.97 Å². The van der Waals surface area contributed by atoms with Crippen molar-refractivity contribution in [1.29, 1.82) is 0 Å². The normalized spacial score (nSPS) is 10.3. The highest BCUT2D eigenvalue weighted by Gasteiger charge is 2.09. The molecule has 0 aliphatic heterocycles. The van der Waals surface area contributed by atoms with Crippen LogP contribution in [0, 0.1) is 5.82 Å². The van der Waals surface area contributed by atoms with Crippen LogP contribution in [0.2, 0.25) is 5.02 Å². The summed E-state index contributed by atoms with van der Waals surface area (Å²) in [6, 6.07) is 7.44. The van der Waals surface area contributed by atoms with Crippen molar-refractivity contribution in [2.24, 2.45) is 0 Å². The summed E-state index contributed by atoms with van der Waals surface area (Å²) in [5.74, 6) is -1.33. The van der Waals surface area contributed by atoms with Crippen molar-refractivity contribution < 1.29 is 14.3 Å². The van der Waals surface area contributed by atoms with E-state index in [1.165, 1.54) is 24.4 Å². The molecule has 0 unspecified atom stereocenters. The molecule has 92 valence electrons. The highest BCUT2D eigenvalue weighted by atomic mass is 35.5. The second-order valence-corrected chi connectivity index (χ2v) is 4.16. The molecule has 0 saturated heterocycles. The Balaban J connectivity index is 2.38. The van der Waals surface area contributed by atoms with Crippen LogP contribution in [0.5, 0.6) is 0 Å². The van der Waals surface area contributed by atoms with Crippen molar-refractivity contribution in [1.82, 2.24) is 4.98 Å². The summed E-state index contributed by atoms with van der Waals surface area (Å²) in [5, 5.41) is 8.97. The van der Waals surface area contributed by atoms with E-state index in [1.807, 2.05) is 0 Å². The van der Waals surface area contributed by atoms with Gasteiger partial charge in [0, 0.05) is 11.8 Å². The first-order valence-electron chi connectivity index (χ1n) is 5.18. The van der Waals surface area contributed by atoms with Gasteiger partial charge in [0.1, 0.15) is 5.82 Å². The molecule has 3 nitrogen and oxygen atoms in total. The van der Waals surface area contributed by atoms with Gasteiger partial charge < -0.3 is 5.11 Å². The van der Waals surface area contributed by atoms with Gasteiger partial charge in [-0.3, -0.25) is 9.78 Å². The average molecular weight is 266 g/mol. The minimum Gasteiger partial charge on any atom is -0.481 e. The highest BCUT2D eigenvalue weighted by Crippen LogP contribution is 2.26. The van der Waals surface area contributed by atoms with E-state index in [0.717, 1.165) is 0 Å². The molecule has 1 N–H and O–H groups in total. The van der Waals surface area contributed by atoms with Crippen LogP contribution in [0.1, 0.15) is 5.56 Å². The molecule has 0 amide bonds. The number of hydrogen-bond acceptors (Lipinski definition) is 2. The largest absolute Gasteiger partial charge is 0.481 e. The van der Waals surface area contributed by atoms with E-state index in [2.05, 4.69) is 4.98 Å². The third kappa shape index (κ3) is 2.84. The summed E-state index contributed by atoms with van der Waals surface area (Å²) in [6.07, 6.45) is 1.29. The zero-order valence-corrected chi connectivity index (χ0v) is 9.99. The van der Waals surface area contributed by atoms with E-state index in [1.54, 1.807) is 12.1 Å². The van der Waals surface area contributed by atoms with Crippen LogP contribution in [0.25, 0.3) is 11.3 Å². The van der Waals surface area contributed by atoms with Gasteiger partial charge in [-0.05, 0) is 23.8 Å². The predicted molar refractivity (Wildman–Crippen MR) is 66.0 cm³/mol. The van der Waals surface area contributed by atoms with Crippen LogP contribution >= 0.6 is 11.6 Å². The Hall–Kier alpha value is -1.94. The standard InChI is InChI=1S/C13H9ClFNO2/c14-11-4-8(5-12(17)18)7-16-13(11)9-2-1-3-10(15)6-9/h1-4,6-7H,5H2,(H,17,18). The summed E-state index contributed by atoms with van der Waals surface area (Å²) in [6.45, 7) is 0. The molecule has 0 fully saturated rings. The van der Waals surface area contributed by atoms with E-state index in [0.29, 0.717) is 21.8 Å². The number of benzene rings is 1. The molecular formula is C13H9ClFNO2. The van der Waals surface area contributed by atoms with Crippen molar-refractivity contribution in [3.8, 4) is 11.3 Å². The number of nitrogens with zero attached hydrogens (tertiary/aromatic N) is 1. The lowest BCUT2D eigenvalue weighted by Crippen LogP contribution is -2.01. The summed E-state index contributed by atoms with van der Waals surface area (Å²) < 4.78 is 13.1. The van der Waals surface area contributed by atoms with E-state index in [4.69, 9.17) is 16.7 Å². The molecule has 0 atom stereocenters. The molecule has 2 rings (SSSR count). The number of carboxylic acids is 1. The molecule has 0 bridgehead atoms. The highest BCUT2D eigenvalue weighted by molar-refractivity contribution is 6.33. The van der Waals surface area contributed by atoms with Gasteiger partial charge in [-0.25, -0.2) is 4.39 Å². The molecule has 2 aromatic rings. The van der Waals surface area contributed by atoms with E-state index < -0.39 is 5.97 Å². The van der Waals surface area contributed by atoms with Crippen molar-refractivity contribution in [3.63, 3.8) is 0 Å². The second kappa shape index (κ2) is 5.14. The second-order valence-electron chi connectivity index (χ2n) is 3.75. The first kappa shape index (κ1) is 12.5. The number of aromatic nitrogens is 1. The maximum Gasteiger partial charge on any atom is 0.307 e. The number of rotatable bonds is 3. The maximum absolute atomic E-state index is 13.1. The SMILES string of the molecule is O=C(O)Cc1cnc(-c2cccc(F)c2)c(Cl)c1. The lowest BCUT2D eigenvalue weighted by atomic mass is 10.1. The molecule has 0 spiro atoms. The fourth-order valence-electron chi connectivity index (χ4n) is 1.60. The molecular weight excluding hydrogens is 257 g/mol. The predicted octanol–water partition coefficient (Wildman–Crippen LogP) is 3.17. The third-order valence-corrected chi connectivity index (χ3v) is 2.64. The number of carboxylic acid groups (broad SMARTS) is 1. The first-order valence-corrected chi connectivity index (χ1v) is 5.56. The monoisotopic (exact) mass is 265 g/mol. The lowest BCUT2D eigenvalue weighted by Gasteiger charge is -2.05. The Bertz CT molecular complexity index is 601. The topological polar surface area (TPSA) is 50.2 Å². The smallest absolute Gasteiger partial charge is 0.307 e. The van der Waals surface area contributed by atoms with Crippen LogP contribution in [0.4, 0.5) is 4.39 Å². The fourth-order valence-corrected chi connectivity index (χ4v) is 1.90. The zero-order valence-electron chi connectivity index (χ0n) is 9.23. The minimum absolute atomic E-state index is 0.143. The lowest BCUT2D eigenvalue weighted by molar-refractivity contribution is -0.136. The van der Waals surface area contributed by atoms with Gasteiger partial charge in [-0.1, -0.05) is 23.7 Å². The van der Waals surface area contributed by atoms with Crippen molar-refractivity contribution in [2.45, 2.75) is 6.42 Å². The molecule has 0 saturated carbocycles. The minimum atomic E-state index is -0.952. The van der Waals surface area contributed by atoms with Gasteiger partial charge in [-0.15, -0.1) is 0 Å². The average Bonchev–Trinajstić information content (AvgIpc) is 2.28. The Labute approximate surface area is 108 Å². The molecule has 1 aromatic heterocycles. The Morgan fingerprint density at radius 3 is 2.78 bits per heavy atom. The molecule has 1 aromatic carbocycles.